The van der Waals surface area contributed by atoms with Gasteiger partial charge in [-0.15, -0.1) is 0 Å². The number of carbonyl (C=O) groups excluding carboxylic acids is 1. The van der Waals surface area contributed by atoms with E-state index in [-0.39, 0.29) is 6.09 Å². The summed E-state index contributed by atoms with van der Waals surface area (Å²) in [5.41, 5.74) is -0.450. The largest absolute Gasteiger partial charge is 0.444 e. The van der Waals surface area contributed by atoms with Crippen LogP contribution in [0.5, 0.6) is 0 Å². The van der Waals surface area contributed by atoms with Crippen LogP contribution in [0.2, 0.25) is 0 Å². The third-order valence-corrected chi connectivity index (χ3v) is 2.28. The number of aromatic nitrogens is 2. The highest BCUT2D eigenvalue weighted by atomic mass is 32.1. The van der Waals surface area contributed by atoms with E-state index < -0.39 is 5.60 Å². The summed E-state index contributed by atoms with van der Waals surface area (Å²) in [7, 11) is 0. The molecule has 0 bridgehead atoms. The molecule has 1 heterocycles. The second-order valence-electron chi connectivity index (χ2n) is 4.46. The molecule has 7 heteroatoms. The Balaban J connectivity index is 2.02. The number of rotatable bonds is 5. The summed E-state index contributed by atoms with van der Waals surface area (Å²) in [5.74, 6) is 0. The van der Waals surface area contributed by atoms with E-state index in [0.29, 0.717) is 6.54 Å². The molecule has 0 unspecified atom stereocenters. The van der Waals surface area contributed by atoms with Crippen molar-refractivity contribution in [3.05, 3.63) is 6.33 Å². The Morgan fingerprint density at radius 3 is 2.82 bits per heavy atom. The van der Waals surface area contributed by atoms with E-state index in [0.717, 1.165) is 18.1 Å². The van der Waals surface area contributed by atoms with Crippen molar-refractivity contribution in [3.63, 3.8) is 0 Å². The van der Waals surface area contributed by atoms with E-state index in [2.05, 4.69) is 20.0 Å². The molecule has 1 rings (SSSR count). The highest BCUT2D eigenvalue weighted by Gasteiger charge is 2.15. The molecule has 1 aromatic heterocycles. The maximum absolute atomic E-state index is 11.3. The molecule has 6 nitrogen and oxygen atoms in total. The molecule has 1 amide bonds. The van der Waals surface area contributed by atoms with Crippen LogP contribution < -0.4 is 10.6 Å². The van der Waals surface area contributed by atoms with Crippen molar-refractivity contribution in [2.24, 2.45) is 0 Å². The topological polar surface area (TPSA) is 76.1 Å². The summed E-state index contributed by atoms with van der Waals surface area (Å²) >= 11 is 1.31. The molecule has 0 radical (unpaired) electrons. The first-order valence-corrected chi connectivity index (χ1v) is 6.22. The van der Waals surface area contributed by atoms with Crippen LogP contribution in [0, 0.1) is 0 Å². The number of hydrogen-bond donors (Lipinski definition) is 2. The lowest BCUT2D eigenvalue weighted by molar-refractivity contribution is 0.0528. The number of nitrogens with zero attached hydrogens (tertiary/aromatic N) is 2. The number of nitrogens with one attached hydrogen (secondary N) is 2. The Morgan fingerprint density at radius 2 is 2.24 bits per heavy atom. The van der Waals surface area contributed by atoms with Gasteiger partial charge in [-0.25, -0.2) is 9.78 Å². The highest BCUT2D eigenvalue weighted by Crippen LogP contribution is 2.07. The normalized spacial score (nSPS) is 11.0. The van der Waals surface area contributed by atoms with E-state index in [1.165, 1.54) is 17.9 Å². The van der Waals surface area contributed by atoms with Crippen molar-refractivity contribution in [2.75, 3.05) is 18.4 Å². The van der Waals surface area contributed by atoms with Crippen molar-refractivity contribution in [1.29, 1.82) is 0 Å². The molecular weight excluding hydrogens is 240 g/mol. The zero-order valence-electron chi connectivity index (χ0n) is 10.3. The Hall–Kier alpha value is -1.37. The quantitative estimate of drug-likeness (QED) is 0.788. The second kappa shape index (κ2) is 6.39. The number of carbonyl (C=O) groups is 1. The smallest absolute Gasteiger partial charge is 0.407 e. The predicted octanol–water partition coefficient (Wildman–Crippen LogP) is 1.86. The van der Waals surface area contributed by atoms with Gasteiger partial charge in [0.1, 0.15) is 11.9 Å². The first-order valence-electron chi connectivity index (χ1n) is 5.45. The fourth-order valence-electron chi connectivity index (χ4n) is 1.04. The van der Waals surface area contributed by atoms with Gasteiger partial charge in [0.05, 0.1) is 0 Å². The van der Waals surface area contributed by atoms with Crippen LogP contribution in [0.25, 0.3) is 0 Å². The summed E-state index contributed by atoms with van der Waals surface area (Å²) in [6.45, 7) is 6.82. The van der Waals surface area contributed by atoms with Gasteiger partial charge in [-0.05, 0) is 27.2 Å². The molecule has 0 atom stereocenters. The van der Waals surface area contributed by atoms with Gasteiger partial charge in [0.25, 0.3) is 0 Å². The summed E-state index contributed by atoms with van der Waals surface area (Å²) in [5, 5.41) is 6.58. The average molecular weight is 258 g/mol. The van der Waals surface area contributed by atoms with Crippen molar-refractivity contribution in [1.82, 2.24) is 14.7 Å². The number of anilines is 1. The van der Waals surface area contributed by atoms with Crippen LogP contribution >= 0.6 is 11.5 Å². The maximum Gasteiger partial charge on any atom is 0.407 e. The van der Waals surface area contributed by atoms with Crippen molar-refractivity contribution in [2.45, 2.75) is 32.8 Å². The predicted molar refractivity (Wildman–Crippen MR) is 67.3 cm³/mol. The van der Waals surface area contributed by atoms with E-state index in [1.54, 1.807) is 0 Å². The van der Waals surface area contributed by atoms with Crippen LogP contribution in [0.3, 0.4) is 0 Å². The van der Waals surface area contributed by atoms with Gasteiger partial charge in [0, 0.05) is 24.6 Å². The number of amides is 1. The third kappa shape index (κ3) is 6.72. The molecule has 0 aliphatic heterocycles. The first kappa shape index (κ1) is 13.7. The van der Waals surface area contributed by atoms with Crippen LogP contribution in [0.4, 0.5) is 9.93 Å². The van der Waals surface area contributed by atoms with E-state index in [4.69, 9.17) is 4.74 Å². The third-order valence-electron chi connectivity index (χ3n) is 1.66. The monoisotopic (exact) mass is 258 g/mol. The van der Waals surface area contributed by atoms with Crippen LogP contribution in [-0.2, 0) is 4.74 Å². The van der Waals surface area contributed by atoms with Crippen molar-refractivity contribution >= 4 is 22.8 Å². The maximum atomic E-state index is 11.3. The van der Waals surface area contributed by atoms with Gasteiger partial charge < -0.3 is 15.4 Å². The summed E-state index contributed by atoms with van der Waals surface area (Å²) in [4.78, 5) is 15.3. The minimum atomic E-state index is -0.450. The fraction of sp³-hybridized carbons (Fsp3) is 0.700. The van der Waals surface area contributed by atoms with Gasteiger partial charge in [0.2, 0.25) is 5.13 Å². The average Bonchev–Trinajstić information content (AvgIpc) is 2.67. The number of ether oxygens (including phenoxy) is 1. The van der Waals surface area contributed by atoms with Crippen molar-refractivity contribution in [3.8, 4) is 0 Å². The van der Waals surface area contributed by atoms with Crippen LogP contribution in [0.15, 0.2) is 6.33 Å². The lowest BCUT2D eigenvalue weighted by Crippen LogP contribution is -2.33. The fourth-order valence-corrected chi connectivity index (χ4v) is 1.49. The van der Waals surface area contributed by atoms with Gasteiger partial charge >= 0.3 is 6.09 Å². The molecule has 96 valence electrons. The molecule has 0 saturated carbocycles. The Labute approximate surface area is 105 Å². The lowest BCUT2D eigenvalue weighted by atomic mass is 10.2. The minimum Gasteiger partial charge on any atom is -0.444 e. The molecule has 2 N–H and O–H groups in total. The molecule has 0 aliphatic carbocycles. The number of hydrogen-bond acceptors (Lipinski definition) is 6. The van der Waals surface area contributed by atoms with Crippen molar-refractivity contribution < 1.29 is 9.53 Å². The van der Waals surface area contributed by atoms with Gasteiger partial charge in [-0.2, -0.15) is 4.37 Å². The molecule has 0 fully saturated rings. The Morgan fingerprint density at radius 1 is 1.47 bits per heavy atom. The molecule has 0 saturated heterocycles. The second-order valence-corrected chi connectivity index (χ2v) is 5.24. The molecule has 17 heavy (non-hydrogen) atoms. The zero-order valence-corrected chi connectivity index (χ0v) is 11.1. The summed E-state index contributed by atoms with van der Waals surface area (Å²) < 4.78 is 8.97. The molecular formula is C10H18N4O2S. The van der Waals surface area contributed by atoms with E-state index >= 15 is 0 Å². The molecule has 0 aromatic carbocycles. The molecule has 1 aromatic rings. The Bertz CT molecular complexity index is 335. The summed E-state index contributed by atoms with van der Waals surface area (Å²) in [6.07, 6.45) is 1.93. The molecule has 0 aliphatic rings. The molecule has 0 spiro atoms. The minimum absolute atomic E-state index is 0.381. The lowest BCUT2D eigenvalue weighted by Gasteiger charge is -2.19. The number of alkyl carbamates (subject to hydrolysis) is 1. The zero-order chi connectivity index (χ0) is 12.7. The van der Waals surface area contributed by atoms with Gasteiger partial charge in [0.15, 0.2) is 0 Å². The van der Waals surface area contributed by atoms with Gasteiger partial charge in [-0.3, -0.25) is 0 Å². The Kier molecular flexibility index (Phi) is 5.14. The van der Waals surface area contributed by atoms with Crippen LogP contribution in [-0.4, -0.2) is 34.1 Å². The standard InChI is InChI=1S/C10H18N4O2S/c1-10(2,3)16-9(15)12-6-4-5-11-8-13-7-14-17-8/h7H,4-6H2,1-3H3,(H,12,15)(H,11,13,14). The summed E-state index contributed by atoms with van der Waals surface area (Å²) in [6, 6.07) is 0. The van der Waals surface area contributed by atoms with Crippen LogP contribution in [0.1, 0.15) is 27.2 Å². The van der Waals surface area contributed by atoms with E-state index in [1.807, 2.05) is 20.8 Å². The first-order chi connectivity index (χ1) is 7.97. The SMILES string of the molecule is CC(C)(C)OC(=O)NCCCNc1ncns1. The highest BCUT2D eigenvalue weighted by molar-refractivity contribution is 7.09. The van der Waals surface area contributed by atoms with Gasteiger partial charge in [-0.1, -0.05) is 0 Å². The van der Waals surface area contributed by atoms with E-state index in [9.17, 15) is 4.79 Å².